The van der Waals surface area contributed by atoms with Crippen LogP contribution in [0, 0.1) is 5.92 Å². The van der Waals surface area contributed by atoms with E-state index < -0.39 is 0 Å². The topological polar surface area (TPSA) is 9.23 Å². The highest BCUT2D eigenvalue weighted by atomic mass is 16.5. The quantitative estimate of drug-likeness (QED) is 0.631. The summed E-state index contributed by atoms with van der Waals surface area (Å²) in [6.07, 6.45) is 7.07. The van der Waals surface area contributed by atoms with E-state index in [2.05, 4.69) is 13.8 Å². The molecule has 0 N–H and O–H groups in total. The van der Waals surface area contributed by atoms with E-state index in [1.807, 2.05) is 0 Å². The molecule has 0 heterocycles. The first kappa shape index (κ1) is 12.0. The van der Waals surface area contributed by atoms with Crippen LogP contribution < -0.4 is 0 Å². The molecule has 1 aliphatic carbocycles. The van der Waals surface area contributed by atoms with Gasteiger partial charge >= 0.3 is 0 Å². The molecule has 74 valence electrons. The third-order valence-electron chi connectivity index (χ3n) is 2.52. The minimum absolute atomic E-state index is 0. The highest BCUT2D eigenvalue weighted by molar-refractivity contribution is 4.69. The highest BCUT2D eigenvalue weighted by Crippen LogP contribution is 2.25. The van der Waals surface area contributed by atoms with Crippen LogP contribution in [0.2, 0.25) is 0 Å². The Balaban J connectivity index is 0.00000121. The van der Waals surface area contributed by atoms with Crippen molar-refractivity contribution >= 4 is 0 Å². The Kier molecular flexibility index (Phi) is 6.45. The number of ether oxygens (including phenoxy) is 1. The van der Waals surface area contributed by atoms with Gasteiger partial charge in [-0.15, -0.1) is 0 Å². The molecular weight excluding hydrogens is 148 g/mol. The van der Waals surface area contributed by atoms with Gasteiger partial charge in [0, 0.05) is 6.61 Å². The molecule has 1 aliphatic rings. The molecule has 12 heavy (non-hydrogen) atoms. The second-order valence-electron chi connectivity index (χ2n) is 3.75. The summed E-state index contributed by atoms with van der Waals surface area (Å²) in [7, 11) is 0. The summed E-state index contributed by atoms with van der Waals surface area (Å²) in [4.78, 5) is 0. The molecule has 0 amide bonds. The lowest BCUT2D eigenvalue weighted by molar-refractivity contribution is 0.0203. The van der Waals surface area contributed by atoms with E-state index >= 15 is 0 Å². The third-order valence-corrected chi connectivity index (χ3v) is 2.52. The van der Waals surface area contributed by atoms with Gasteiger partial charge in [-0.25, -0.2) is 0 Å². The monoisotopic (exact) mass is 172 g/mol. The van der Waals surface area contributed by atoms with Crippen LogP contribution >= 0.6 is 0 Å². The normalized spacial score (nSPS) is 29.5. The second kappa shape index (κ2) is 6.47. The van der Waals surface area contributed by atoms with Crippen LogP contribution in [0.1, 0.15) is 53.4 Å². The van der Waals surface area contributed by atoms with E-state index in [1.54, 1.807) is 0 Å². The minimum Gasteiger partial charge on any atom is -0.378 e. The van der Waals surface area contributed by atoms with E-state index in [1.165, 1.54) is 25.7 Å². The second-order valence-corrected chi connectivity index (χ2v) is 3.75. The molecule has 0 radical (unpaired) electrons. The minimum atomic E-state index is 0. The number of hydrogen-bond donors (Lipinski definition) is 0. The third kappa shape index (κ3) is 4.10. The molecule has 0 aliphatic heterocycles. The zero-order valence-electron chi connectivity index (χ0n) is 7.81. The Hall–Kier alpha value is -0.0400. The van der Waals surface area contributed by atoms with E-state index in [0.717, 1.165) is 18.9 Å². The van der Waals surface area contributed by atoms with Gasteiger partial charge in [0.2, 0.25) is 0 Å². The summed E-state index contributed by atoms with van der Waals surface area (Å²) < 4.78 is 5.68. The Morgan fingerprint density at radius 1 is 1.17 bits per heavy atom. The molecule has 0 aromatic carbocycles. The average molecular weight is 172 g/mol. The molecule has 0 spiro atoms. The lowest BCUT2D eigenvalue weighted by Crippen LogP contribution is -2.20. The van der Waals surface area contributed by atoms with Gasteiger partial charge in [0.25, 0.3) is 0 Å². The summed E-state index contributed by atoms with van der Waals surface area (Å²) in [6, 6.07) is 0. The summed E-state index contributed by atoms with van der Waals surface area (Å²) in [5, 5.41) is 0. The lowest BCUT2D eigenvalue weighted by atomic mass is 9.89. The highest BCUT2D eigenvalue weighted by Gasteiger charge is 2.17. The number of rotatable bonds is 3. The van der Waals surface area contributed by atoms with E-state index in [0.29, 0.717) is 6.10 Å². The molecule has 1 nitrogen and oxygen atoms in total. The van der Waals surface area contributed by atoms with Gasteiger partial charge < -0.3 is 4.74 Å². The van der Waals surface area contributed by atoms with Gasteiger partial charge in [-0.3, -0.25) is 0 Å². The molecular formula is C11H24O. The standard InChI is InChI=1S/C10H20O.CH4/c1-3-8-11-10-6-4-9(2)5-7-10;/h9-10H,3-8H2,1-2H3;1H4. The summed E-state index contributed by atoms with van der Waals surface area (Å²) in [5.41, 5.74) is 0. The van der Waals surface area contributed by atoms with Crippen LogP contribution in [0.3, 0.4) is 0 Å². The molecule has 1 rings (SSSR count). The zero-order valence-corrected chi connectivity index (χ0v) is 7.81. The van der Waals surface area contributed by atoms with Crippen molar-refractivity contribution in [2.75, 3.05) is 6.61 Å². The van der Waals surface area contributed by atoms with Crippen LogP contribution in [0.5, 0.6) is 0 Å². The summed E-state index contributed by atoms with van der Waals surface area (Å²) in [6.45, 7) is 5.47. The first-order valence-electron chi connectivity index (χ1n) is 4.94. The average Bonchev–Trinajstić information content (AvgIpc) is 2.04. The molecule has 0 aromatic heterocycles. The Bertz CT molecular complexity index is 90.4. The smallest absolute Gasteiger partial charge is 0.0575 e. The van der Waals surface area contributed by atoms with Crippen molar-refractivity contribution in [3.05, 3.63) is 0 Å². The molecule has 0 atom stereocenters. The predicted octanol–water partition coefficient (Wildman–Crippen LogP) is 3.63. The molecule has 0 saturated heterocycles. The van der Waals surface area contributed by atoms with E-state index in [4.69, 9.17) is 4.74 Å². The Morgan fingerprint density at radius 2 is 1.75 bits per heavy atom. The van der Waals surface area contributed by atoms with Crippen LogP contribution in [-0.4, -0.2) is 12.7 Å². The SMILES string of the molecule is C.CCCOC1CCC(C)CC1. The van der Waals surface area contributed by atoms with Gasteiger partial charge in [-0.1, -0.05) is 21.3 Å². The van der Waals surface area contributed by atoms with Gasteiger partial charge in [0.05, 0.1) is 6.10 Å². The van der Waals surface area contributed by atoms with Crippen molar-refractivity contribution in [2.24, 2.45) is 5.92 Å². The molecule has 1 fully saturated rings. The van der Waals surface area contributed by atoms with Crippen LogP contribution in [0.15, 0.2) is 0 Å². The molecule has 0 bridgehead atoms. The van der Waals surface area contributed by atoms with Crippen molar-refractivity contribution < 1.29 is 4.74 Å². The van der Waals surface area contributed by atoms with Gasteiger partial charge in [0.15, 0.2) is 0 Å². The molecule has 0 aromatic rings. The van der Waals surface area contributed by atoms with Gasteiger partial charge in [-0.2, -0.15) is 0 Å². The van der Waals surface area contributed by atoms with Crippen LogP contribution in [-0.2, 0) is 4.74 Å². The van der Waals surface area contributed by atoms with E-state index in [-0.39, 0.29) is 7.43 Å². The van der Waals surface area contributed by atoms with Gasteiger partial charge in [-0.05, 0) is 38.0 Å². The van der Waals surface area contributed by atoms with Crippen molar-refractivity contribution in [3.8, 4) is 0 Å². The van der Waals surface area contributed by atoms with Crippen molar-refractivity contribution in [1.82, 2.24) is 0 Å². The van der Waals surface area contributed by atoms with Crippen molar-refractivity contribution in [2.45, 2.75) is 59.5 Å². The summed E-state index contributed by atoms with van der Waals surface area (Å²) in [5.74, 6) is 0.941. The predicted molar refractivity (Wildman–Crippen MR) is 54.4 cm³/mol. The largest absolute Gasteiger partial charge is 0.378 e. The fourth-order valence-electron chi connectivity index (χ4n) is 1.68. The molecule has 1 heteroatoms. The maximum Gasteiger partial charge on any atom is 0.0575 e. The molecule has 0 unspecified atom stereocenters. The fourth-order valence-corrected chi connectivity index (χ4v) is 1.68. The maximum atomic E-state index is 5.68. The van der Waals surface area contributed by atoms with Crippen molar-refractivity contribution in [3.63, 3.8) is 0 Å². The lowest BCUT2D eigenvalue weighted by Gasteiger charge is -2.25. The van der Waals surface area contributed by atoms with Crippen molar-refractivity contribution in [1.29, 1.82) is 0 Å². The maximum absolute atomic E-state index is 5.68. The van der Waals surface area contributed by atoms with Crippen LogP contribution in [0.4, 0.5) is 0 Å². The molecule has 1 saturated carbocycles. The Labute approximate surface area is 77.5 Å². The van der Waals surface area contributed by atoms with Gasteiger partial charge in [0.1, 0.15) is 0 Å². The zero-order chi connectivity index (χ0) is 8.10. The van der Waals surface area contributed by atoms with E-state index in [9.17, 15) is 0 Å². The van der Waals surface area contributed by atoms with Crippen LogP contribution in [0.25, 0.3) is 0 Å². The fraction of sp³-hybridized carbons (Fsp3) is 1.00. The Morgan fingerprint density at radius 3 is 2.25 bits per heavy atom. The number of hydrogen-bond acceptors (Lipinski definition) is 1. The summed E-state index contributed by atoms with van der Waals surface area (Å²) >= 11 is 0. The first-order chi connectivity index (χ1) is 5.33. The first-order valence-corrected chi connectivity index (χ1v) is 4.94.